The van der Waals surface area contributed by atoms with Gasteiger partial charge in [0.15, 0.2) is 0 Å². The Bertz CT molecular complexity index is 1340. The summed E-state index contributed by atoms with van der Waals surface area (Å²) in [6.45, 7) is 3.09. The molecule has 4 aromatic rings. The molecule has 0 fully saturated rings. The molecule has 4 rings (SSSR count). The lowest BCUT2D eigenvalue weighted by Crippen LogP contribution is -2.17. The fourth-order valence-corrected chi connectivity index (χ4v) is 3.76. The second-order valence-electron chi connectivity index (χ2n) is 7.82. The monoisotopic (exact) mass is 452 g/mol. The minimum Gasteiger partial charge on any atom is -0.481 e. The molecule has 0 bridgehead atoms. The van der Waals surface area contributed by atoms with Gasteiger partial charge >= 0.3 is 5.97 Å². The normalized spacial score (nSPS) is 10.7. The summed E-state index contributed by atoms with van der Waals surface area (Å²) in [4.78, 5) is 15.2. The number of rotatable bonds is 9. The Labute approximate surface area is 197 Å². The molecule has 0 unspecified atom stereocenters. The van der Waals surface area contributed by atoms with Crippen LogP contribution in [0.5, 0.6) is 0 Å². The van der Waals surface area contributed by atoms with Gasteiger partial charge in [-0.05, 0) is 46.9 Å². The third kappa shape index (κ3) is 5.20. The molecule has 0 amide bonds. The van der Waals surface area contributed by atoms with Crippen molar-refractivity contribution in [1.29, 1.82) is 5.26 Å². The van der Waals surface area contributed by atoms with Gasteiger partial charge in [0, 0.05) is 24.2 Å². The lowest BCUT2D eigenvalue weighted by atomic mass is 9.93. The van der Waals surface area contributed by atoms with E-state index < -0.39 is 5.97 Å². The zero-order chi connectivity index (χ0) is 23.9. The molecule has 1 aromatic heterocycles. The van der Waals surface area contributed by atoms with E-state index >= 15 is 0 Å². The molecule has 7 nitrogen and oxygen atoms in total. The van der Waals surface area contributed by atoms with Crippen LogP contribution in [-0.4, -0.2) is 27.8 Å². The predicted octanol–water partition coefficient (Wildman–Crippen LogP) is 5.07. The minimum atomic E-state index is -0.816. The molecule has 0 radical (unpaired) electrons. The molecule has 1 heterocycles. The third-order valence-corrected chi connectivity index (χ3v) is 5.55. The summed E-state index contributed by atoms with van der Waals surface area (Å²) in [6.07, 6.45) is 0.890. The lowest BCUT2D eigenvalue weighted by molar-refractivity contribution is -0.136. The van der Waals surface area contributed by atoms with Crippen LogP contribution in [0.3, 0.4) is 0 Å². The molecule has 7 heteroatoms. The van der Waals surface area contributed by atoms with Gasteiger partial charge in [-0.2, -0.15) is 10.2 Å². The fourth-order valence-electron chi connectivity index (χ4n) is 3.76. The van der Waals surface area contributed by atoms with Crippen LogP contribution in [0, 0.1) is 11.3 Å². The van der Waals surface area contributed by atoms with Gasteiger partial charge in [-0.15, -0.1) is 0 Å². The van der Waals surface area contributed by atoms with E-state index in [2.05, 4.69) is 28.5 Å². The zero-order valence-corrected chi connectivity index (χ0v) is 18.8. The van der Waals surface area contributed by atoms with Crippen molar-refractivity contribution in [3.63, 3.8) is 0 Å². The first-order valence-corrected chi connectivity index (χ1v) is 11.1. The summed E-state index contributed by atoms with van der Waals surface area (Å²) in [5.74, 6) is 0.116. The van der Waals surface area contributed by atoms with Gasteiger partial charge in [0.1, 0.15) is 0 Å². The SMILES string of the molecule is CCc1cc(-c2nc(-c3ccc(CNCCC(=O)O)cc3)no2)ccc1-c1ccccc1C#N. The molecule has 0 aliphatic carbocycles. The average molecular weight is 453 g/mol. The number of hydrogen-bond acceptors (Lipinski definition) is 6. The molecule has 0 atom stereocenters. The van der Waals surface area contributed by atoms with Crippen molar-refractivity contribution in [3.8, 4) is 40.0 Å². The number of benzene rings is 3. The number of carboxylic acid groups (broad SMARTS) is 1. The van der Waals surface area contributed by atoms with E-state index in [1.807, 2.05) is 66.7 Å². The molecule has 0 spiro atoms. The van der Waals surface area contributed by atoms with Gasteiger partial charge in [0.2, 0.25) is 5.82 Å². The Kier molecular flexibility index (Phi) is 7.11. The standard InChI is InChI=1S/C27H24N4O3/c1-2-19-15-21(11-12-24(19)23-6-4-3-5-22(23)16-28)27-30-26(31-34-27)20-9-7-18(8-10-20)17-29-14-13-25(32)33/h3-12,15,29H,2,13-14,17H2,1H3,(H,32,33). The van der Waals surface area contributed by atoms with Gasteiger partial charge in [-0.25, -0.2) is 0 Å². The number of aryl methyl sites for hydroxylation is 1. The molecule has 0 saturated heterocycles. The van der Waals surface area contributed by atoms with Gasteiger partial charge in [-0.3, -0.25) is 4.79 Å². The van der Waals surface area contributed by atoms with Crippen LogP contribution in [0.1, 0.15) is 30.0 Å². The van der Waals surface area contributed by atoms with Crippen LogP contribution < -0.4 is 5.32 Å². The van der Waals surface area contributed by atoms with E-state index in [-0.39, 0.29) is 6.42 Å². The number of aromatic nitrogens is 2. The first-order valence-electron chi connectivity index (χ1n) is 11.1. The van der Waals surface area contributed by atoms with Crippen molar-refractivity contribution in [3.05, 3.63) is 83.4 Å². The predicted molar refractivity (Wildman–Crippen MR) is 129 cm³/mol. The lowest BCUT2D eigenvalue weighted by Gasteiger charge is -2.10. The van der Waals surface area contributed by atoms with Crippen LogP contribution in [-0.2, 0) is 17.8 Å². The summed E-state index contributed by atoms with van der Waals surface area (Å²) >= 11 is 0. The molecule has 3 aromatic carbocycles. The highest BCUT2D eigenvalue weighted by Gasteiger charge is 2.14. The van der Waals surface area contributed by atoms with Crippen molar-refractivity contribution in [2.75, 3.05) is 6.54 Å². The smallest absolute Gasteiger partial charge is 0.304 e. The zero-order valence-electron chi connectivity index (χ0n) is 18.8. The Morgan fingerprint density at radius 2 is 1.82 bits per heavy atom. The summed E-state index contributed by atoms with van der Waals surface area (Å²) in [5, 5.41) is 25.4. The number of hydrogen-bond donors (Lipinski definition) is 2. The number of nitrogens with zero attached hydrogens (tertiary/aromatic N) is 3. The van der Waals surface area contributed by atoms with E-state index in [9.17, 15) is 10.1 Å². The van der Waals surface area contributed by atoms with Gasteiger partial charge in [-0.1, -0.05) is 60.6 Å². The van der Waals surface area contributed by atoms with Crippen molar-refractivity contribution < 1.29 is 14.4 Å². The quantitative estimate of drug-likeness (QED) is 0.341. The Morgan fingerprint density at radius 3 is 2.56 bits per heavy atom. The van der Waals surface area contributed by atoms with Crippen molar-refractivity contribution in [2.24, 2.45) is 0 Å². The maximum absolute atomic E-state index is 10.6. The number of carbonyl (C=O) groups is 1. The van der Waals surface area contributed by atoms with Crippen LogP contribution in [0.25, 0.3) is 34.0 Å². The Balaban J connectivity index is 1.52. The first kappa shape index (κ1) is 22.9. The van der Waals surface area contributed by atoms with Crippen LogP contribution in [0.2, 0.25) is 0 Å². The summed E-state index contributed by atoms with van der Waals surface area (Å²) < 4.78 is 5.55. The molecule has 2 N–H and O–H groups in total. The highest BCUT2D eigenvalue weighted by molar-refractivity contribution is 5.76. The van der Waals surface area contributed by atoms with Crippen LogP contribution >= 0.6 is 0 Å². The molecule has 170 valence electrons. The number of carboxylic acids is 1. The molecule has 0 aliphatic rings. The average Bonchev–Trinajstić information content (AvgIpc) is 3.37. The Morgan fingerprint density at radius 1 is 1.06 bits per heavy atom. The highest BCUT2D eigenvalue weighted by Crippen LogP contribution is 2.31. The van der Waals surface area contributed by atoms with E-state index in [0.29, 0.717) is 30.4 Å². The number of aliphatic carboxylic acids is 1. The topological polar surface area (TPSA) is 112 Å². The van der Waals surface area contributed by atoms with E-state index in [1.165, 1.54) is 0 Å². The number of nitrogens with one attached hydrogen (secondary N) is 1. The van der Waals surface area contributed by atoms with Crippen molar-refractivity contribution in [2.45, 2.75) is 26.3 Å². The molecular weight excluding hydrogens is 428 g/mol. The van der Waals surface area contributed by atoms with E-state index in [4.69, 9.17) is 9.63 Å². The van der Waals surface area contributed by atoms with E-state index in [1.54, 1.807) is 0 Å². The Hall–Kier alpha value is -4.28. The van der Waals surface area contributed by atoms with Gasteiger partial charge < -0.3 is 14.9 Å². The second kappa shape index (κ2) is 10.6. The molecule has 0 aliphatic heterocycles. The third-order valence-electron chi connectivity index (χ3n) is 5.55. The summed E-state index contributed by atoms with van der Waals surface area (Å²) in [6, 6.07) is 23.6. The maximum Gasteiger partial charge on any atom is 0.304 e. The maximum atomic E-state index is 10.6. The van der Waals surface area contributed by atoms with Crippen molar-refractivity contribution in [1.82, 2.24) is 15.5 Å². The van der Waals surface area contributed by atoms with Gasteiger partial charge in [0.05, 0.1) is 18.1 Å². The first-order chi connectivity index (χ1) is 16.6. The number of nitriles is 1. The van der Waals surface area contributed by atoms with Crippen molar-refractivity contribution >= 4 is 5.97 Å². The molecule has 34 heavy (non-hydrogen) atoms. The summed E-state index contributed by atoms with van der Waals surface area (Å²) in [7, 11) is 0. The highest BCUT2D eigenvalue weighted by atomic mass is 16.5. The minimum absolute atomic E-state index is 0.0925. The summed E-state index contributed by atoms with van der Waals surface area (Å²) in [5.41, 5.74) is 6.38. The van der Waals surface area contributed by atoms with Crippen LogP contribution in [0.4, 0.5) is 0 Å². The fraction of sp³-hybridized carbons (Fsp3) is 0.185. The van der Waals surface area contributed by atoms with Gasteiger partial charge in [0.25, 0.3) is 5.89 Å². The van der Waals surface area contributed by atoms with Crippen LogP contribution in [0.15, 0.2) is 71.3 Å². The molecule has 0 saturated carbocycles. The second-order valence-corrected chi connectivity index (χ2v) is 7.82. The van der Waals surface area contributed by atoms with E-state index in [0.717, 1.165) is 39.8 Å². The molecular formula is C27H24N4O3. The largest absolute Gasteiger partial charge is 0.481 e.